The van der Waals surface area contributed by atoms with Crippen LogP contribution in [0.25, 0.3) is 0 Å². The number of aryl methyl sites for hydroxylation is 2. The van der Waals surface area contributed by atoms with E-state index in [0.29, 0.717) is 12.1 Å². The van der Waals surface area contributed by atoms with Crippen LogP contribution >= 0.6 is 35.3 Å². The van der Waals surface area contributed by atoms with Crippen LogP contribution in [0.5, 0.6) is 0 Å². The molecule has 0 saturated carbocycles. The van der Waals surface area contributed by atoms with Crippen molar-refractivity contribution in [3.63, 3.8) is 0 Å². The predicted octanol–water partition coefficient (Wildman–Crippen LogP) is 4.07. The minimum atomic E-state index is 0. The summed E-state index contributed by atoms with van der Waals surface area (Å²) in [6, 6.07) is 1.13. The lowest BCUT2D eigenvalue weighted by molar-refractivity contribution is 0.178. The molecule has 26 heavy (non-hydrogen) atoms. The first kappa shape index (κ1) is 25.6. The van der Waals surface area contributed by atoms with Crippen LogP contribution in [-0.2, 0) is 6.42 Å². The van der Waals surface area contributed by atoms with Gasteiger partial charge in [-0.3, -0.25) is 9.89 Å². The minimum Gasteiger partial charge on any atom is -0.357 e. The molecule has 0 unspecified atom stereocenters. The number of guanidine groups is 1. The first-order valence-corrected chi connectivity index (χ1v) is 10.5. The highest BCUT2D eigenvalue weighted by atomic mass is 127. The van der Waals surface area contributed by atoms with Crippen molar-refractivity contribution in [3.8, 4) is 0 Å². The van der Waals surface area contributed by atoms with Crippen molar-refractivity contribution < 1.29 is 0 Å². The van der Waals surface area contributed by atoms with E-state index in [1.165, 1.54) is 5.01 Å². The van der Waals surface area contributed by atoms with Crippen LogP contribution < -0.4 is 10.6 Å². The van der Waals surface area contributed by atoms with Gasteiger partial charge in [-0.1, -0.05) is 0 Å². The SMILES string of the molecule is CCNC(=NCCCCc1nc(C)cs1)NCCN(C(C)C)C(C)C.I. The summed E-state index contributed by atoms with van der Waals surface area (Å²) in [6.07, 6.45) is 3.30. The Balaban J connectivity index is 0.00000625. The molecular weight excluding hydrogens is 457 g/mol. The number of halogens is 1. The highest BCUT2D eigenvalue weighted by Gasteiger charge is 2.12. The van der Waals surface area contributed by atoms with Crippen LogP contribution in [-0.4, -0.2) is 54.1 Å². The lowest BCUT2D eigenvalue weighted by Crippen LogP contribution is -2.45. The highest BCUT2D eigenvalue weighted by molar-refractivity contribution is 14.0. The minimum absolute atomic E-state index is 0. The maximum absolute atomic E-state index is 4.70. The molecule has 0 saturated heterocycles. The molecule has 7 heteroatoms. The van der Waals surface area contributed by atoms with Crippen LogP contribution in [0.15, 0.2) is 10.4 Å². The van der Waals surface area contributed by atoms with Gasteiger partial charge < -0.3 is 10.6 Å². The lowest BCUT2D eigenvalue weighted by Gasteiger charge is -2.30. The average molecular weight is 496 g/mol. The third-order valence-electron chi connectivity index (χ3n) is 4.07. The number of nitrogens with zero attached hydrogens (tertiary/aromatic N) is 3. The van der Waals surface area contributed by atoms with Gasteiger partial charge in [-0.2, -0.15) is 0 Å². The Morgan fingerprint density at radius 1 is 1.19 bits per heavy atom. The van der Waals surface area contributed by atoms with E-state index in [0.717, 1.165) is 57.1 Å². The first-order chi connectivity index (χ1) is 11.9. The summed E-state index contributed by atoms with van der Waals surface area (Å²) in [6.45, 7) is 16.9. The van der Waals surface area contributed by atoms with Crippen LogP contribution in [0.1, 0.15) is 58.2 Å². The Bertz CT molecular complexity index is 494. The molecule has 0 aromatic carbocycles. The standard InChI is InChI=1S/C19H37N5S.HI/c1-7-20-19(22-12-13-24(15(2)3)16(4)5)21-11-9-8-10-18-23-17(6)14-25-18;/h14-16H,7-13H2,1-6H3,(H2,20,21,22);1H. The molecule has 2 N–H and O–H groups in total. The summed E-state index contributed by atoms with van der Waals surface area (Å²) >= 11 is 1.76. The van der Waals surface area contributed by atoms with Crippen LogP contribution in [0.3, 0.4) is 0 Å². The molecule has 0 aliphatic rings. The number of aliphatic imine (C=N–C) groups is 1. The number of rotatable bonds is 11. The maximum atomic E-state index is 4.70. The van der Waals surface area contributed by atoms with E-state index in [2.05, 4.69) is 67.4 Å². The first-order valence-electron chi connectivity index (χ1n) is 9.63. The molecular formula is C19H38IN5S. The molecule has 0 aliphatic heterocycles. The fraction of sp³-hybridized carbons (Fsp3) is 0.789. The second-order valence-corrected chi connectivity index (χ2v) is 7.90. The molecule has 1 aromatic rings. The third-order valence-corrected chi connectivity index (χ3v) is 5.09. The van der Waals surface area contributed by atoms with Crippen molar-refractivity contribution in [1.29, 1.82) is 0 Å². The van der Waals surface area contributed by atoms with Crippen molar-refractivity contribution in [3.05, 3.63) is 16.1 Å². The Kier molecular flexibility index (Phi) is 14.4. The fourth-order valence-corrected chi connectivity index (χ4v) is 3.67. The molecule has 0 radical (unpaired) electrons. The van der Waals surface area contributed by atoms with Gasteiger partial charge in [-0.05, 0) is 60.8 Å². The molecule has 0 spiro atoms. The van der Waals surface area contributed by atoms with Crippen molar-refractivity contribution in [1.82, 2.24) is 20.5 Å². The molecule has 152 valence electrons. The molecule has 5 nitrogen and oxygen atoms in total. The normalized spacial score (nSPS) is 12.0. The van der Waals surface area contributed by atoms with Crippen molar-refractivity contribution in [2.75, 3.05) is 26.2 Å². The lowest BCUT2D eigenvalue weighted by atomic mass is 10.2. The van der Waals surface area contributed by atoms with Gasteiger partial charge in [-0.15, -0.1) is 35.3 Å². The number of nitrogens with one attached hydrogen (secondary N) is 2. The van der Waals surface area contributed by atoms with Crippen LogP contribution in [0.4, 0.5) is 0 Å². The monoisotopic (exact) mass is 495 g/mol. The topological polar surface area (TPSA) is 52.6 Å². The second kappa shape index (κ2) is 14.6. The summed E-state index contributed by atoms with van der Waals surface area (Å²) in [7, 11) is 0. The van der Waals surface area contributed by atoms with Gasteiger partial charge in [-0.25, -0.2) is 4.98 Å². The number of unbranched alkanes of at least 4 members (excludes halogenated alkanes) is 1. The van der Waals surface area contributed by atoms with E-state index >= 15 is 0 Å². The molecule has 1 aromatic heterocycles. The summed E-state index contributed by atoms with van der Waals surface area (Å²) in [5.41, 5.74) is 1.13. The van der Waals surface area contributed by atoms with E-state index in [4.69, 9.17) is 4.99 Å². The van der Waals surface area contributed by atoms with E-state index in [9.17, 15) is 0 Å². The summed E-state index contributed by atoms with van der Waals surface area (Å²) in [5.74, 6) is 0.931. The van der Waals surface area contributed by atoms with Crippen LogP contribution in [0, 0.1) is 6.92 Å². The summed E-state index contributed by atoms with van der Waals surface area (Å²) < 4.78 is 0. The summed E-state index contributed by atoms with van der Waals surface area (Å²) in [4.78, 5) is 11.7. The van der Waals surface area contributed by atoms with Gasteiger partial charge in [0.15, 0.2) is 5.96 Å². The zero-order chi connectivity index (χ0) is 18.7. The van der Waals surface area contributed by atoms with Gasteiger partial charge in [0, 0.05) is 49.3 Å². The second-order valence-electron chi connectivity index (χ2n) is 6.95. The Morgan fingerprint density at radius 2 is 1.88 bits per heavy atom. The molecule has 0 atom stereocenters. The molecule has 0 aliphatic carbocycles. The zero-order valence-electron chi connectivity index (χ0n) is 17.3. The number of thiazole rings is 1. The maximum Gasteiger partial charge on any atom is 0.191 e. The number of aromatic nitrogens is 1. The van der Waals surface area contributed by atoms with Crippen LogP contribution in [0.2, 0.25) is 0 Å². The molecule has 1 rings (SSSR count). The van der Waals surface area contributed by atoms with E-state index in [1.807, 2.05) is 0 Å². The number of hydrogen-bond donors (Lipinski definition) is 2. The molecule has 0 amide bonds. The highest BCUT2D eigenvalue weighted by Crippen LogP contribution is 2.11. The predicted molar refractivity (Wildman–Crippen MR) is 126 cm³/mol. The van der Waals surface area contributed by atoms with Gasteiger partial charge in [0.2, 0.25) is 0 Å². The average Bonchev–Trinajstić information content (AvgIpc) is 2.95. The quantitative estimate of drug-likeness (QED) is 0.210. The fourth-order valence-electron chi connectivity index (χ4n) is 2.85. The zero-order valence-corrected chi connectivity index (χ0v) is 20.5. The number of hydrogen-bond acceptors (Lipinski definition) is 4. The van der Waals surface area contributed by atoms with Gasteiger partial charge in [0.25, 0.3) is 0 Å². The largest absolute Gasteiger partial charge is 0.357 e. The summed E-state index contributed by atoms with van der Waals surface area (Å²) in [5, 5.41) is 10.2. The van der Waals surface area contributed by atoms with Gasteiger partial charge in [0.05, 0.1) is 5.01 Å². The molecule has 0 fully saturated rings. The van der Waals surface area contributed by atoms with E-state index < -0.39 is 0 Å². The van der Waals surface area contributed by atoms with E-state index in [1.54, 1.807) is 11.3 Å². The van der Waals surface area contributed by atoms with Crippen molar-refractivity contribution in [2.45, 2.75) is 72.9 Å². The Morgan fingerprint density at radius 3 is 2.42 bits per heavy atom. The third kappa shape index (κ3) is 10.7. The van der Waals surface area contributed by atoms with E-state index in [-0.39, 0.29) is 24.0 Å². The smallest absolute Gasteiger partial charge is 0.191 e. The Labute approximate surface area is 181 Å². The molecule has 0 bridgehead atoms. The van der Waals surface area contributed by atoms with Gasteiger partial charge in [0.1, 0.15) is 0 Å². The van der Waals surface area contributed by atoms with Gasteiger partial charge >= 0.3 is 0 Å². The Hall–Kier alpha value is -0.410. The van der Waals surface area contributed by atoms with Crippen molar-refractivity contribution in [2.24, 2.45) is 4.99 Å². The molecule has 1 heterocycles. The van der Waals surface area contributed by atoms with Crippen molar-refractivity contribution >= 4 is 41.3 Å².